The molecular weight excluding hydrogens is 322 g/mol. The van der Waals surface area contributed by atoms with E-state index < -0.39 is 0 Å². The average molecular weight is 354 g/mol. The standard InChI is InChI=1S/C16H25N3O2S.C2H6/c1-3-4-5-6-7-17-15(20)13-10-12(2)11-14(19-13)16(21)18-8-9-22;1-2/h10-11,22H,3-9H2,1-2H3,(H,17,20)(H,18,21);1-2H3. The van der Waals surface area contributed by atoms with Crippen LogP contribution in [0.25, 0.3) is 0 Å². The lowest BCUT2D eigenvalue weighted by molar-refractivity contribution is 0.0945. The molecule has 1 rings (SSSR count). The third-order valence-corrected chi connectivity index (χ3v) is 3.37. The highest BCUT2D eigenvalue weighted by Gasteiger charge is 2.13. The van der Waals surface area contributed by atoms with Crippen LogP contribution >= 0.6 is 12.6 Å². The van der Waals surface area contributed by atoms with Crippen molar-refractivity contribution in [3.05, 3.63) is 29.1 Å². The van der Waals surface area contributed by atoms with E-state index in [0.29, 0.717) is 18.8 Å². The van der Waals surface area contributed by atoms with Gasteiger partial charge in [0.25, 0.3) is 11.8 Å². The topological polar surface area (TPSA) is 71.1 Å². The minimum absolute atomic E-state index is 0.233. The molecule has 0 unspecified atom stereocenters. The maximum Gasteiger partial charge on any atom is 0.269 e. The van der Waals surface area contributed by atoms with E-state index in [-0.39, 0.29) is 23.2 Å². The summed E-state index contributed by atoms with van der Waals surface area (Å²) < 4.78 is 0. The number of amides is 2. The second-order valence-electron chi connectivity index (χ2n) is 5.21. The van der Waals surface area contributed by atoms with E-state index in [4.69, 9.17) is 0 Å². The third kappa shape index (κ3) is 8.91. The van der Waals surface area contributed by atoms with E-state index in [0.717, 1.165) is 24.8 Å². The number of hydrogen-bond donors (Lipinski definition) is 3. The molecule has 0 spiro atoms. The van der Waals surface area contributed by atoms with Gasteiger partial charge in [0.05, 0.1) is 0 Å². The third-order valence-electron chi connectivity index (χ3n) is 3.15. The van der Waals surface area contributed by atoms with Gasteiger partial charge in [-0.1, -0.05) is 40.0 Å². The first-order chi connectivity index (χ1) is 11.6. The molecule has 0 saturated carbocycles. The summed E-state index contributed by atoms with van der Waals surface area (Å²) in [5.74, 6) is 0.0426. The molecule has 24 heavy (non-hydrogen) atoms. The molecule has 0 aliphatic rings. The number of thiol groups is 1. The van der Waals surface area contributed by atoms with Crippen molar-refractivity contribution in [2.75, 3.05) is 18.8 Å². The molecule has 1 aromatic rings. The number of aromatic nitrogens is 1. The Bertz CT molecular complexity index is 507. The Morgan fingerprint density at radius 2 is 1.54 bits per heavy atom. The lowest BCUT2D eigenvalue weighted by atomic mass is 10.2. The molecule has 0 radical (unpaired) electrons. The summed E-state index contributed by atoms with van der Waals surface area (Å²) in [7, 11) is 0. The van der Waals surface area contributed by atoms with Crippen molar-refractivity contribution in [3.8, 4) is 0 Å². The molecule has 136 valence electrons. The lowest BCUT2D eigenvalue weighted by Gasteiger charge is -2.08. The molecule has 5 nitrogen and oxygen atoms in total. The second-order valence-corrected chi connectivity index (χ2v) is 5.66. The fourth-order valence-electron chi connectivity index (χ4n) is 2.00. The normalized spacial score (nSPS) is 9.71. The SMILES string of the molecule is CC.CCCCCCNC(=O)c1cc(C)cc(C(=O)NCCS)n1. The molecule has 2 N–H and O–H groups in total. The van der Waals surface area contributed by atoms with Crippen molar-refractivity contribution >= 4 is 24.4 Å². The first kappa shape index (κ1) is 22.4. The van der Waals surface area contributed by atoms with E-state index in [1.807, 2.05) is 20.8 Å². The van der Waals surface area contributed by atoms with Crippen molar-refractivity contribution in [1.29, 1.82) is 0 Å². The Hall–Kier alpha value is -1.56. The van der Waals surface area contributed by atoms with Crippen LogP contribution in [0, 0.1) is 6.92 Å². The van der Waals surface area contributed by atoms with Gasteiger partial charge < -0.3 is 10.6 Å². The highest BCUT2D eigenvalue weighted by atomic mass is 32.1. The Morgan fingerprint density at radius 3 is 2.04 bits per heavy atom. The number of aryl methyl sites for hydroxylation is 1. The Balaban J connectivity index is 0.00000254. The van der Waals surface area contributed by atoms with Gasteiger partial charge in [0.1, 0.15) is 11.4 Å². The van der Waals surface area contributed by atoms with Gasteiger partial charge in [-0.3, -0.25) is 9.59 Å². The molecule has 0 bridgehead atoms. The quantitative estimate of drug-likeness (QED) is 0.471. The molecule has 1 heterocycles. The summed E-state index contributed by atoms with van der Waals surface area (Å²) in [5.41, 5.74) is 1.38. The van der Waals surface area contributed by atoms with Crippen molar-refractivity contribution in [3.63, 3.8) is 0 Å². The number of carbonyl (C=O) groups excluding carboxylic acids is 2. The Morgan fingerprint density at radius 1 is 1.00 bits per heavy atom. The van der Waals surface area contributed by atoms with E-state index in [1.165, 1.54) is 6.42 Å². The largest absolute Gasteiger partial charge is 0.351 e. The average Bonchev–Trinajstić information content (AvgIpc) is 2.60. The minimum atomic E-state index is -0.283. The zero-order chi connectivity index (χ0) is 18.4. The van der Waals surface area contributed by atoms with E-state index in [1.54, 1.807) is 12.1 Å². The number of pyridine rings is 1. The van der Waals surface area contributed by atoms with Crippen molar-refractivity contribution < 1.29 is 9.59 Å². The van der Waals surface area contributed by atoms with Crippen molar-refractivity contribution in [2.24, 2.45) is 0 Å². The summed E-state index contributed by atoms with van der Waals surface area (Å²) in [4.78, 5) is 28.2. The zero-order valence-electron chi connectivity index (χ0n) is 15.3. The lowest BCUT2D eigenvalue weighted by Crippen LogP contribution is -2.29. The molecule has 0 saturated heterocycles. The summed E-state index contributed by atoms with van der Waals surface area (Å²) in [6, 6.07) is 3.36. The van der Waals surface area contributed by atoms with Gasteiger partial charge in [0.15, 0.2) is 0 Å². The molecule has 6 heteroatoms. The number of nitrogens with one attached hydrogen (secondary N) is 2. The fourth-order valence-corrected chi connectivity index (χ4v) is 2.12. The van der Waals surface area contributed by atoms with Crippen LogP contribution in [0.4, 0.5) is 0 Å². The predicted octanol–water partition coefficient (Wildman–Crippen LogP) is 3.39. The van der Waals surface area contributed by atoms with Gasteiger partial charge in [-0.05, 0) is 31.0 Å². The van der Waals surface area contributed by atoms with Crippen LogP contribution in [-0.4, -0.2) is 35.6 Å². The van der Waals surface area contributed by atoms with Crippen molar-refractivity contribution in [1.82, 2.24) is 15.6 Å². The second kappa shape index (κ2) is 13.8. The van der Waals surface area contributed by atoms with Crippen LogP contribution in [0.1, 0.15) is 73.0 Å². The minimum Gasteiger partial charge on any atom is -0.351 e. The van der Waals surface area contributed by atoms with Gasteiger partial charge in [-0.2, -0.15) is 12.6 Å². The van der Waals surface area contributed by atoms with Gasteiger partial charge in [0, 0.05) is 18.8 Å². The maximum atomic E-state index is 12.1. The number of unbranched alkanes of at least 4 members (excludes halogenated alkanes) is 3. The molecular formula is C18H31N3O2S. The first-order valence-corrected chi connectivity index (χ1v) is 9.37. The van der Waals surface area contributed by atoms with Crippen LogP contribution in [0.2, 0.25) is 0 Å². The molecule has 1 aromatic heterocycles. The summed E-state index contributed by atoms with van der Waals surface area (Å²) in [5, 5.41) is 5.55. The summed E-state index contributed by atoms with van der Waals surface area (Å²) in [6.45, 7) is 9.09. The number of carbonyl (C=O) groups is 2. The smallest absolute Gasteiger partial charge is 0.269 e. The van der Waals surface area contributed by atoms with Crippen LogP contribution in [0.3, 0.4) is 0 Å². The van der Waals surface area contributed by atoms with Crippen LogP contribution in [0.5, 0.6) is 0 Å². The zero-order valence-corrected chi connectivity index (χ0v) is 16.2. The van der Waals surface area contributed by atoms with E-state index in [9.17, 15) is 9.59 Å². The highest BCUT2D eigenvalue weighted by Crippen LogP contribution is 2.06. The number of rotatable bonds is 9. The Kier molecular flexibility index (Phi) is 12.9. The van der Waals surface area contributed by atoms with Crippen LogP contribution in [0.15, 0.2) is 12.1 Å². The molecule has 0 aliphatic carbocycles. The van der Waals surface area contributed by atoms with E-state index >= 15 is 0 Å². The summed E-state index contributed by atoms with van der Waals surface area (Å²) in [6.07, 6.45) is 4.41. The Labute approximate surface area is 151 Å². The van der Waals surface area contributed by atoms with Gasteiger partial charge in [-0.25, -0.2) is 4.98 Å². The maximum absolute atomic E-state index is 12.1. The van der Waals surface area contributed by atoms with Crippen LogP contribution in [-0.2, 0) is 0 Å². The first-order valence-electron chi connectivity index (χ1n) is 8.74. The molecule has 0 aromatic carbocycles. The fraction of sp³-hybridized carbons (Fsp3) is 0.611. The molecule has 0 fully saturated rings. The number of hydrogen-bond acceptors (Lipinski definition) is 4. The van der Waals surface area contributed by atoms with Gasteiger partial charge >= 0.3 is 0 Å². The predicted molar refractivity (Wildman–Crippen MR) is 103 cm³/mol. The van der Waals surface area contributed by atoms with E-state index in [2.05, 4.69) is 35.2 Å². The molecule has 0 atom stereocenters. The van der Waals surface area contributed by atoms with Crippen molar-refractivity contribution in [2.45, 2.75) is 53.4 Å². The monoisotopic (exact) mass is 353 g/mol. The molecule has 2 amide bonds. The van der Waals surface area contributed by atoms with Crippen LogP contribution < -0.4 is 10.6 Å². The van der Waals surface area contributed by atoms with Gasteiger partial charge in [-0.15, -0.1) is 0 Å². The highest BCUT2D eigenvalue weighted by molar-refractivity contribution is 7.80. The number of nitrogens with zero attached hydrogens (tertiary/aromatic N) is 1. The summed E-state index contributed by atoms with van der Waals surface area (Å²) >= 11 is 4.04. The van der Waals surface area contributed by atoms with Gasteiger partial charge in [0.2, 0.25) is 0 Å². The molecule has 0 aliphatic heterocycles.